The minimum absolute atomic E-state index is 0.267. The molecule has 0 aliphatic carbocycles. The fraction of sp³-hybridized carbons (Fsp3) is 0.0476. The smallest absolute Gasteiger partial charge is 0.128 e. The van der Waals surface area contributed by atoms with Crippen molar-refractivity contribution in [3.8, 4) is 17.2 Å². The van der Waals surface area contributed by atoms with Gasteiger partial charge in [-0.2, -0.15) is 0 Å². The van der Waals surface area contributed by atoms with E-state index in [1.807, 2.05) is 72.8 Å². The fourth-order valence-electron chi connectivity index (χ4n) is 2.25. The van der Waals surface area contributed by atoms with E-state index in [2.05, 4.69) is 6.92 Å². The van der Waals surface area contributed by atoms with Crippen molar-refractivity contribution in [2.75, 3.05) is 0 Å². The van der Waals surface area contributed by atoms with Crippen LogP contribution in [0, 0.1) is 6.92 Å². The lowest BCUT2D eigenvalue weighted by molar-refractivity contribution is 0.475. The molecule has 3 aromatic carbocycles. The van der Waals surface area contributed by atoms with E-state index in [0.29, 0.717) is 0 Å². The van der Waals surface area contributed by atoms with E-state index in [9.17, 15) is 5.11 Å². The predicted octanol–water partition coefficient (Wildman–Crippen LogP) is 5.66. The third kappa shape index (κ3) is 4.24. The van der Waals surface area contributed by atoms with Crippen molar-refractivity contribution < 1.29 is 9.84 Å². The maximum Gasteiger partial charge on any atom is 0.128 e. The van der Waals surface area contributed by atoms with Crippen molar-refractivity contribution in [1.29, 1.82) is 0 Å². The van der Waals surface area contributed by atoms with E-state index < -0.39 is 0 Å². The predicted molar refractivity (Wildman–Crippen MR) is 94.7 cm³/mol. The summed E-state index contributed by atoms with van der Waals surface area (Å²) in [6, 6.07) is 23.0. The molecule has 0 heterocycles. The minimum Gasteiger partial charge on any atom is -0.508 e. The molecule has 0 aromatic heterocycles. The lowest BCUT2D eigenvalue weighted by atomic mass is 10.1. The van der Waals surface area contributed by atoms with Crippen molar-refractivity contribution in [2.24, 2.45) is 0 Å². The summed E-state index contributed by atoms with van der Waals surface area (Å²) in [4.78, 5) is 0. The molecule has 2 nitrogen and oxygen atoms in total. The number of aryl methyl sites for hydroxylation is 1. The third-order valence-corrected chi connectivity index (χ3v) is 3.45. The molecule has 0 fully saturated rings. The summed E-state index contributed by atoms with van der Waals surface area (Å²) in [5.74, 6) is 1.89. The monoisotopic (exact) mass is 302 g/mol. The maximum absolute atomic E-state index is 9.48. The molecule has 0 bridgehead atoms. The Hall–Kier alpha value is -3.00. The van der Waals surface area contributed by atoms with E-state index in [1.54, 1.807) is 12.1 Å². The van der Waals surface area contributed by atoms with E-state index >= 15 is 0 Å². The molecule has 2 heteroatoms. The van der Waals surface area contributed by atoms with Crippen LogP contribution in [0.2, 0.25) is 0 Å². The first-order chi connectivity index (χ1) is 11.2. The Labute approximate surface area is 136 Å². The van der Waals surface area contributed by atoms with Crippen LogP contribution in [0.5, 0.6) is 17.2 Å². The van der Waals surface area contributed by atoms with Crippen LogP contribution in [0.15, 0.2) is 72.8 Å². The zero-order chi connectivity index (χ0) is 16.1. The normalized spacial score (nSPS) is 10.8. The molecule has 0 unspecified atom stereocenters. The van der Waals surface area contributed by atoms with Crippen LogP contribution in [0.1, 0.15) is 16.7 Å². The van der Waals surface area contributed by atoms with Crippen LogP contribution in [-0.2, 0) is 0 Å². The molecule has 0 saturated carbocycles. The average molecular weight is 302 g/mol. The molecule has 1 N–H and O–H groups in total. The molecule has 0 amide bonds. The van der Waals surface area contributed by atoms with E-state index in [0.717, 1.165) is 22.6 Å². The first kappa shape index (κ1) is 14.9. The van der Waals surface area contributed by atoms with Crippen LogP contribution >= 0.6 is 0 Å². The van der Waals surface area contributed by atoms with Gasteiger partial charge < -0.3 is 9.84 Å². The summed E-state index contributed by atoms with van der Waals surface area (Å²) in [5, 5.41) is 9.48. The van der Waals surface area contributed by atoms with Gasteiger partial charge in [-0.25, -0.2) is 0 Å². The molecule has 23 heavy (non-hydrogen) atoms. The number of benzene rings is 3. The second-order valence-corrected chi connectivity index (χ2v) is 5.42. The summed E-state index contributed by atoms with van der Waals surface area (Å²) in [6.45, 7) is 2.05. The zero-order valence-electron chi connectivity index (χ0n) is 12.9. The molecule has 0 spiro atoms. The highest BCUT2D eigenvalue weighted by molar-refractivity contribution is 5.70. The maximum atomic E-state index is 9.48. The van der Waals surface area contributed by atoms with Crippen LogP contribution in [0.3, 0.4) is 0 Å². The Morgan fingerprint density at radius 2 is 1.39 bits per heavy atom. The highest BCUT2D eigenvalue weighted by Crippen LogP contribution is 2.23. The third-order valence-electron chi connectivity index (χ3n) is 3.45. The summed E-state index contributed by atoms with van der Waals surface area (Å²) in [5.41, 5.74) is 3.20. The molecule has 0 aliphatic heterocycles. The number of phenolic OH excluding ortho intramolecular Hbond substituents is 1. The quantitative estimate of drug-likeness (QED) is 0.630. The van der Waals surface area contributed by atoms with Crippen molar-refractivity contribution in [3.05, 3.63) is 89.5 Å². The second kappa shape index (κ2) is 6.84. The Bertz CT molecular complexity index is 817. The first-order valence-corrected chi connectivity index (χ1v) is 7.51. The van der Waals surface area contributed by atoms with Crippen molar-refractivity contribution >= 4 is 12.2 Å². The zero-order valence-corrected chi connectivity index (χ0v) is 12.9. The largest absolute Gasteiger partial charge is 0.508 e. The summed E-state index contributed by atoms with van der Waals surface area (Å²) in [7, 11) is 0. The van der Waals surface area contributed by atoms with E-state index in [-0.39, 0.29) is 5.75 Å². The van der Waals surface area contributed by atoms with Crippen LogP contribution < -0.4 is 4.74 Å². The summed E-state index contributed by atoms with van der Waals surface area (Å²) < 4.78 is 5.87. The molecule has 0 radical (unpaired) electrons. The second-order valence-electron chi connectivity index (χ2n) is 5.42. The number of ether oxygens (including phenoxy) is 1. The van der Waals surface area contributed by atoms with Crippen LogP contribution in [0.4, 0.5) is 0 Å². The average Bonchev–Trinajstić information content (AvgIpc) is 2.56. The van der Waals surface area contributed by atoms with E-state index in [1.165, 1.54) is 5.56 Å². The van der Waals surface area contributed by atoms with Crippen molar-refractivity contribution in [2.45, 2.75) is 6.92 Å². The number of hydrogen-bond acceptors (Lipinski definition) is 2. The van der Waals surface area contributed by atoms with Gasteiger partial charge >= 0.3 is 0 Å². The highest BCUT2D eigenvalue weighted by atomic mass is 16.5. The Morgan fingerprint density at radius 1 is 0.739 bits per heavy atom. The lowest BCUT2D eigenvalue weighted by Crippen LogP contribution is -1.84. The number of hydrogen-bond donors (Lipinski definition) is 1. The Kier molecular flexibility index (Phi) is 4.44. The van der Waals surface area contributed by atoms with Gasteiger partial charge in [0.1, 0.15) is 17.2 Å². The Morgan fingerprint density at radius 3 is 2.09 bits per heavy atom. The van der Waals surface area contributed by atoms with Gasteiger partial charge in [-0.15, -0.1) is 0 Å². The first-order valence-electron chi connectivity index (χ1n) is 7.51. The van der Waals surface area contributed by atoms with Gasteiger partial charge in [0.05, 0.1) is 0 Å². The number of rotatable bonds is 4. The van der Waals surface area contributed by atoms with Gasteiger partial charge in [0, 0.05) is 0 Å². The van der Waals surface area contributed by atoms with Crippen LogP contribution in [0.25, 0.3) is 12.2 Å². The molecule has 3 aromatic rings. The van der Waals surface area contributed by atoms with Gasteiger partial charge in [-0.1, -0.05) is 54.1 Å². The molecular formula is C21H18O2. The number of phenols is 1. The molecule has 0 aliphatic rings. The van der Waals surface area contributed by atoms with Crippen molar-refractivity contribution in [3.63, 3.8) is 0 Å². The SMILES string of the molecule is Cc1ccc(Oc2cccc(/C=C/c3cccc(O)c3)c2)cc1. The van der Waals surface area contributed by atoms with E-state index in [4.69, 9.17) is 4.74 Å². The van der Waals surface area contributed by atoms with Gasteiger partial charge in [0.2, 0.25) is 0 Å². The minimum atomic E-state index is 0.267. The molecule has 3 rings (SSSR count). The molecule has 0 atom stereocenters. The number of aromatic hydroxyl groups is 1. The Balaban J connectivity index is 1.75. The molecule has 114 valence electrons. The van der Waals surface area contributed by atoms with Crippen molar-refractivity contribution in [1.82, 2.24) is 0 Å². The standard InChI is InChI=1S/C21H18O2/c1-16-8-12-20(13-9-16)23-21-7-3-5-18(15-21)11-10-17-4-2-6-19(22)14-17/h2-15,22H,1H3/b11-10+. The fourth-order valence-corrected chi connectivity index (χ4v) is 2.25. The lowest BCUT2D eigenvalue weighted by Gasteiger charge is -2.06. The molecule has 0 saturated heterocycles. The molecular weight excluding hydrogens is 284 g/mol. The van der Waals surface area contributed by atoms with Gasteiger partial charge in [-0.3, -0.25) is 0 Å². The van der Waals surface area contributed by atoms with Crippen LogP contribution in [-0.4, -0.2) is 5.11 Å². The summed E-state index contributed by atoms with van der Waals surface area (Å²) >= 11 is 0. The van der Waals surface area contributed by atoms with Gasteiger partial charge in [0.15, 0.2) is 0 Å². The van der Waals surface area contributed by atoms with Gasteiger partial charge in [0.25, 0.3) is 0 Å². The highest BCUT2D eigenvalue weighted by Gasteiger charge is 1.98. The summed E-state index contributed by atoms with van der Waals surface area (Å²) in [6.07, 6.45) is 3.96. The topological polar surface area (TPSA) is 29.5 Å². The van der Waals surface area contributed by atoms with Gasteiger partial charge in [-0.05, 0) is 54.4 Å².